The summed E-state index contributed by atoms with van der Waals surface area (Å²) in [7, 11) is 0. The second-order valence-electron chi connectivity index (χ2n) is 4.97. The van der Waals surface area contributed by atoms with Crippen molar-refractivity contribution in [2.45, 2.75) is 12.6 Å². The standard InChI is InChI=1S/C16H14N2O3/c1-10(19)17-12-6-4-5-11(9-12)16(21)14-8-3-2-7-13(14)15(20)18-16/h2-9,21H,1H3,(H,17,19)(H,18,20). The average molecular weight is 282 g/mol. The zero-order valence-corrected chi connectivity index (χ0v) is 11.4. The van der Waals surface area contributed by atoms with Gasteiger partial charge in [0.15, 0.2) is 5.72 Å². The van der Waals surface area contributed by atoms with Crippen molar-refractivity contribution in [3.63, 3.8) is 0 Å². The van der Waals surface area contributed by atoms with Crippen molar-refractivity contribution in [1.82, 2.24) is 5.32 Å². The van der Waals surface area contributed by atoms with E-state index in [1.54, 1.807) is 48.5 Å². The van der Waals surface area contributed by atoms with Crippen LogP contribution in [0.25, 0.3) is 0 Å². The number of hydrogen-bond acceptors (Lipinski definition) is 3. The van der Waals surface area contributed by atoms with E-state index in [-0.39, 0.29) is 11.8 Å². The lowest BCUT2D eigenvalue weighted by atomic mass is 9.94. The lowest BCUT2D eigenvalue weighted by Gasteiger charge is -2.25. The fourth-order valence-corrected chi connectivity index (χ4v) is 2.55. The first-order valence-electron chi connectivity index (χ1n) is 6.53. The highest BCUT2D eigenvalue weighted by Gasteiger charge is 2.42. The fourth-order valence-electron chi connectivity index (χ4n) is 2.55. The molecular weight excluding hydrogens is 268 g/mol. The van der Waals surface area contributed by atoms with Crippen LogP contribution in [-0.2, 0) is 10.5 Å². The van der Waals surface area contributed by atoms with E-state index in [0.717, 1.165) is 0 Å². The quantitative estimate of drug-likeness (QED) is 0.782. The fraction of sp³-hybridized carbons (Fsp3) is 0.125. The van der Waals surface area contributed by atoms with Crippen LogP contribution in [0, 0.1) is 0 Å². The van der Waals surface area contributed by atoms with Crippen molar-refractivity contribution in [3.8, 4) is 0 Å². The van der Waals surface area contributed by atoms with Crippen LogP contribution in [0.5, 0.6) is 0 Å². The lowest BCUT2D eigenvalue weighted by Crippen LogP contribution is -2.40. The number of rotatable bonds is 2. The highest BCUT2D eigenvalue weighted by molar-refractivity contribution is 6.00. The molecule has 0 aromatic heterocycles. The van der Waals surface area contributed by atoms with Gasteiger partial charge in [-0.15, -0.1) is 0 Å². The maximum atomic E-state index is 12.0. The topological polar surface area (TPSA) is 78.4 Å². The molecule has 5 nitrogen and oxygen atoms in total. The molecule has 1 aliphatic heterocycles. The van der Waals surface area contributed by atoms with E-state index in [1.807, 2.05) is 0 Å². The van der Waals surface area contributed by atoms with Gasteiger partial charge in [0.1, 0.15) is 0 Å². The van der Waals surface area contributed by atoms with Gasteiger partial charge in [0.2, 0.25) is 5.91 Å². The maximum Gasteiger partial charge on any atom is 0.254 e. The van der Waals surface area contributed by atoms with Crippen LogP contribution in [0.15, 0.2) is 48.5 Å². The van der Waals surface area contributed by atoms with Gasteiger partial charge in [-0.2, -0.15) is 0 Å². The predicted octanol–water partition coefficient (Wildman–Crippen LogP) is 1.58. The van der Waals surface area contributed by atoms with Crippen LogP contribution >= 0.6 is 0 Å². The van der Waals surface area contributed by atoms with E-state index in [4.69, 9.17) is 0 Å². The predicted molar refractivity (Wildman–Crippen MR) is 77.7 cm³/mol. The van der Waals surface area contributed by atoms with E-state index in [0.29, 0.717) is 22.4 Å². The summed E-state index contributed by atoms with van der Waals surface area (Å²) in [4.78, 5) is 23.1. The third-order valence-corrected chi connectivity index (χ3v) is 3.46. The number of anilines is 1. The Morgan fingerprint density at radius 3 is 2.71 bits per heavy atom. The monoisotopic (exact) mass is 282 g/mol. The molecule has 3 N–H and O–H groups in total. The molecule has 1 unspecified atom stereocenters. The molecule has 0 saturated carbocycles. The van der Waals surface area contributed by atoms with Gasteiger partial charge >= 0.3 is 0 Å². The van der Waals surface area contributed by atoms with Crippen molar-refractivity contribution in [1.29, 1.82) is 0 Å². The minimum absolute atomic E-state index is 0.199. The summed E-state index contributed by atoms with van der Waals surface area (Å²) in [6.07, 6.45) is 0. The highest BCUT2D eigenvalue weighted by atomic mass is 16.3. The third-order valence-electron chi connectivity index (χ3n) is 3.46. The normalized spacial score (nSPS) is 19.8. The summed E-state index contributed by atoms with van der Waals surface area (Å²) >= 11 is 0. The van der Waals surface area contributed by atoms with Gasteiger partial charge in [-0.1, -0.05) is 30.3 Å². The summed E-state index contributed by atoms with van der Waals surface area (Å²) in [5.74, 6) is -0.520. The Kier molecular flexibility index (Phi) is 2.99. The Balaban J connectivity index is 2.08. The molecule has 21 heavy (non-hydrogen) atoms. The van der Waals surface area contributed by atoms with Gasteiger partial charge in [-0.3, -0.25) is 9.59 Å². The first-order valence-corrected chi connectivity index (χ1v) is 6.53. The minimum atomic E-state index is -1.58. The number of nitrogens with one attached hydrogen (secondary N) is 2. The molecule has 0 bridgehead atoms. The SMILES string of the molecule is CC(=O)Nc1cccc(C2(O)NC(=O)c3ccccc32)c1. The van der Waals surface area contributed by atoms with E-state index in [2.05, 4.69) is 10.6 Å². The van der Waals surface area contributed by atoms with Crippen molar-refractivity contribution in [2.75, 3.05) is 5.32 Å². The number of aliphatic hydroxyl groups is 1. The number of fused-ring (bicyclic) bond motifs is 1. The molecule has 106 valence electrons. The molecule has 1 atom stereocenters. The summed E-state index contributed by atoms with van der Waals surface area (Å²) < 4.78 is 0. The molecule has 2 amide bonds. The highest BCUT2D eigenvalue weighted by Crippen LogP contribution is 2.35. The molecule has 0 radical (unpaired) electrons. The van der Waals surface area contributed by atoms with Crippen molar-refractivity contribution in [2.24, 2.45) is 0 Å². The van der Waals surface area contributed by atoms with Gasteiger partial charge in [0.05, 0.1) is 0 Å². The number of amides is 2. The van der Waals surface area contributed by atoms with Gasteiger partial charge in [-0.05, 0) is 18.2 Å². The molecule has 0 saturated heterocycles. The Morgan fingerprint density at radius 2 is 1.95 bits per heavy atom. The largest absolute Gasteiger partial charge is 0.363 e. The Morgan fingerprint density at radius 1 is 1.19 bits per heavy atom. The molecule has 0 aliphatic carbocycles. The summed E-state index contributed by atoms with van der Waals surface area (Å²) in [5.41, 5.74) is 0.432. The molecule has 3 rings (SSSR count). The second kappa shape index (κ2) is 4.71. The second-order valence-corrected chi connectivity index (χ2v) is 4.97. The molecule has 2 aromatic carbocycles. The Bertz CT molecular complexity index is 742. The van der Waals surface area contributed by atoms with E-state index < -0.39 is 5.72 Å². The number of benzene rings is 2. The van der Waals surface area contributed by atoms with E-state index in [9.17, 15) is 14.7 Å². The van der Waals surface area contributed by atoms with Crippen LogP contribution in [0.4, 0.5) is 5.69 Å². The smallest absolute Gasteiger partial charge is 0.254 e. The molecule has 1 aliphatic rings. The van der Waals surface area contributed by atoms with Crippen LogP contribution in [0.2, 0.25) is 0 Å². The third kappa shape index (κ3) is 2.17. The first-order chi connectivity index (χ1) is 10.0. The van der Waals surface area contributed by atoms with Crippen molar-refractivity contribution >= 4 is 17.5 Å². The molecule has 1 heterocycles. The van der Waals surface area contributed by atoms with Crippen LogP contribution in [0.1, 0.15) is 28.4 Å². The number of hydrogen-bond donors (Lipinski definition) is 3. The van der Waals surface area contributed by atoms with Crippen molar-refractivity contribution in [3.05, 3.63) is 65.2 Å². The zero-order chi connectivity index (χ0) is 15.0. The molecule has 0 spiro atoms. The minimum Gasteiger partial charge on any atom is -0.363 e. The number of carbonyl (C=O) groups is 2. The van der Waals surface area contributed by atoms with Gasteiger partial charge < -0.3 is 15.7 Å². The van der Waals surface area contributed by atoms with Crippen LogP contribution in [0.3, 0.4) is 0 Å². The molecule has 2 aromatic rings. The van der Waals surface area contributed by atoms with Crippen molar-refractivity contribution < 1.29 is 14.7 Å². The number of carbonyl (C=O) groups excluding carboxylic acids is 2. The summed E-state index contributed by atoms with van der Waals surface area (Å²) in [6.45, 7) is 1.41. The van der Waals surface area contributed by atoms with Gasteiger partial charge in [-0.25, -0.2) is 0 Å². The Labute approximate surface area is 121 Å². The summed E-state index contributed by atoms with van der Waals surface area (Å²) in [5, 5.41) is 16.2. The van der Waals surface area contributed by atoms with Crippen LogP contribution in [-0.4, -0.2) is 16.9 Å². The molecule has 5 heteroatoms. The Hall–Kier alpha value is -2.66. The van der Waals surface area contributed by atoms with Gasteiger partial charge in [0, 0.05) is 29.3 Å². The van der Waals surface area contributed by atoms with Gasteiger partial charge in [0.25, 0.3) is 5.91 Å². The van der Waals surface area contributed by atoms with E-state index >= 15 is 0 Å². The molecule has 0 fully saturated rings. The molecular formula is C16H14N2O3. The maximum absolute atomic E-state index is 12.0. The van der Waals surface area contributed by atoms with Crippen LogP contribution < -0.4 is 10.6 Å². The average Bonchev–Trinajstić information content (AvgIpc) is 2.72. The summed E-state index contributed by atoms with van der Waals surface area (Å²) in [6, 6.07) is 13.7. The van der Waals surface area contributed by atoms with E-state index in [1.165, 1.54) is 6.92 Å². The zero-order valence-electron chi connectivity index (χ0n) is 11.4. The lowest BCUT2D eigenvalue weighted by molar-refractivity contribution is -0.114. The first kappa shape index (κ1) is 13.3.